The zero-order valence-corrected chi connectivity index (χ0v) is 9.97. The lowest BCUT2D eigenvalue weighted by atomic mass is 10.1. The third kappa shape index (κ3) is 2.50. The van der Waals surface area contributed by atoms with E-state index in [9.17, 15) is 4.79 Å². The molecule has 5 heteroatoms. The normalized spacial score (nSPS) is 14.5. The van der Waals surface area contributed by atoms with E-state index in [1.54, 1.807) is 30.1 Å². The number of likely N-dealkylation sites (N-methyl/N-ethyl adjacent to an activating group) is 1. The van der Waals surface area contributed by atoms with Crippen molar-refractivity contribution in [3.63, 3.8) is 0 Å². The van der Waals surface area contributed by atoms with Gasteiger partial charge < -0.3 is 20.1 Å². The molecule has 1 aromatic rings. The molecule has 17 heavy (non-hydrogen) atoms. The van der Waals surface area contributed by atoms with E-state index >= 15 is 0 Å². The minimum Gasteiger partial charge on any atom is -0.454 e. The van der Waals surface area contributed by atoms with Crippen molar-refractivity contribution >= 4 is 5.91 Å². The number of nitrogens with zero attached hydrogens (tertiary/aromatic N) is 1. The van der Waals surface area contributed by atoms with Crippen LogP contribution in [0.2, 0.25) is 0 Å². The molecular formula is C12H16N2O3. The van der Waals surface area contributed by atoms with Crippen LogP contribution in [-0.4, -0.2) is 37.2 Å². The van der Waals surface area contributed by atoms with E-state index in [0.29, 0.717) is 23.6 Å². The highest BCUT2D eigenvalue weighted by atomic mass is 16.7. The van der Waals surface area contributed by atoms with Gasteiger partial charge in [0.2, 0.25) is 6.79 Å². The molecule has 5 nitrogen and oxygen atoms in total. The molecule has 1 aliphatic heterocycles. The second-order valence-corrected chi connectivity index (χ2v) is 4.23. The predicted octanol–water partition coefficient (Wildman–Crippen LogP) is 0.834. The van der Waals surface area contributed by atoms with Crippen molar-refractivity contribution in [1.82, 2.24) is 4.90 Å². The van der Waals surface area contributed by atoms with E-state index in [4.69, 9.17) is 15.2 Å². The smallest absolute Gasteiger partial charge is 0.253 e. The Morgan fingerprint density at radius 3 is 2.88 bits per heavy atom. The van der Waals surface area contributed by atoms with Gasteiger partial charge in [0.25, 0.3) is 5.91 Å². The van der Waals surface area contributed by atoms with Gasteiger partial charge in [-0.05, 0) is 25.1 Å². The van der Waals surface area contributed by atoms with Crippen molar-refractivity contribution in [1.29, 1.82) is 0 Å². The molecule has 2 rings (SSSR count). The molecule has 1 aliphatic rings. The Balaban J connectivity index is 2.14. The number of hydrogen-bond donors (Lipinski definition) is 1. The van der Waals surface area contributed by atoms with E-state index in [2.05, 4.69) is 0 Å². The summed E-state index contributed by atoms with van der Waals surface area (Å²) in [7, 11) is 1.73. The van der Waals surface area contributed by atoms with Gasteiger partial charge in [0.1, 0.15) is 0 Å². The number of carbonyl (C=O) groups excluding carboxylic acids is 1. The first-order chi connectivity index (χ1) is 8.08. The molecule has 1 aromatic carbocycles. The lowest BCUT2D eigenvalue weighted by Gasteiger charge is -2.19. The molecule has 1 unspecified atom stereocenters. The molecule has 0 saturated heterocycles. The summed E-state index contributed by atoms with van der Waals surface area (Å²) in [6.07, 6.45) is 0. The van der Waals surface area contributed by atoms with Crippen LogP contribution in [0.4, 0.5) is 0 Å². The van der Waals surface area contributed by atoms with Crippen molar-refractivity contribution < 1.29 is 14.3 Å². The number of ether oxygens (including phenoxy) is 2. The Hall–Kier alpha value is -1.75. The number of benzene rings is 1. The topological polar surface area (TPSA) is 64.8 Å². The highest BCUT2D eigenvalue weighted by Crippen LogP contribution is 2.32. The number of hydrogen-bond acceptors (Lipinski definition) is 4. The summed E-state index contributed by atoms with van der Waals surface area (Å²) in [6, 6.07) is 5.13. The Morgan fingerprint density at radius 2 is 2.18 bits per heavy atom. The van der Waals surface area contributed by atoms with Gasteiger partial charge in [-0.2, -0.15) is 0 Å². The summed E-state index contributed by atoms with van der Waals surface area (Å²) in [5, 5.41) is 0. The van der Waals surface area contributed by atoms with Gasteiger partial charge in [0.05, 0.1) is 0 Å². The van der Waals surface area contributed by atoms with Crippen molar-refractivity contribution in [3.8, 4) is 11.5 Å². The second-order valence-electron chi connectivity index (χ2n) is 4.23. The monoisotopic (exact) mass is 236 g/mol. The average Bonchev–Trinajstić information content (AvgIpc) is 2.73. The van der Waals surface area contributed by atoms with Crippen LogP contribution in [0.5, 0.6) is 11.5 Å². The van der Waals surface area contributed by atoms with Crippen LogP contribution >= 0.6 is 0 Å². The number of amides is 1. The molecule has 92 valence electrons. The average molecular weight is 236 g/mol. The van der Waals surface area contributed by atoms with Gasteiger partial charge in [-0.1, -0.05) is 0 Å². The lowest BCUT2D eigenvalue weighted by Crippen LogP contribution is -2.36. The van der Waals surface area contributed by atoms with Gasteiger partial charge >= 0.3 is 0 Å². The highest BCUT2D eigenvalue weighted by Gasteiger charge is 2.18. The quantitative estimate of drug-likeness (QED) is 0.844. The summed E-state index contributed by atoms with van der Waals surface area (Å²) in [4.78, 5) is 13.7. The van der Waals surface area contributed by atoms with E-state index in [1.807, 2.05) is 6.92 Å². The first kappa shape index (κ1) is 11.7. The molecule has 0 bridgehead atoms. The minimum atomic E-state index is -0.0689. The zero-order chi connectivity index (χ0) is 12.4. The molecule has 0 radical (unpaired) electrons. The van der Waals surface area contributed by atoms with Gasteiger partial charge in [-0.15, -0.1) is 0 Å². The summed E-state index contributed by atoms with van der Waals surface area (Å²) < 4.78 is 10.4. The Labute approximate surface area is 100 Å². The fourth-order valence-corrected chi connectivity index (χ4v) is 1.76. The lowest BCUT2D eigenvalue weighted by molar-refractivity contribution is 0.0788. The molecule has 0 spiro atoms. The highest BCUT2D eigenvalue weighted by molar-refractivity contribution is 5.94. The van der Waals surface area contributed by atoms with Crippen molar-refractivity contribution in [3.05, 3.63) is 23.8 Å². The largest absolute Gasteiger partial charge is 0.454 e. The molecule has 0 fully saturated rings. The third-order valence-electron chi connectivity index (χ3n) is 2.53. The van der Waals surface area contributed by atoms with Crippen LogP contribution in [0.15, 0.2) is 18.2 Å². The molecule has 1 amide bonds. The number of nitrogens with two attached hydrogens (primary N) is 1. The van der Waals surface area contributed by atoms with Gasteiger partial charge in [0.15, 0.2) is 11.5 Å². The maximum absolute atomic E-state index is 12.1. The van der Waals surface area contributed by atoms with Crippen LogP contribution < -0.4 is 15.2 Å². The van der Waals surface area contributed by atoms with E-state index in [-0.39, 0.29) is 18.7 Å². The van der Waals surface area contributed by atoms with Crippen LogP contribution in [-0.2, 0) is 0 Å². The van der Waals surface area contributed by atoms with Crippen LogP contribution in [0.3, 0.4) is 0 Å². The van der Waals surface area contributed by atoms with Crippen LogP contribution in [0.25, 0.3) is 0 Å². The summed E-state index contributed by atoms with van der Waals surface area (Å²) >= 11 is 0. The molecule has 0 aromatic heterocycles. The van der Waals surface area contributed by atoms with E-state index in [1.165, 1.54) is 0 Å². The summed E-state index contributed by atoms with van der Waals surface area (Å²) in [6.45, 7) is 2.60. The maximum Gasteiger partial charge on any atom is 0.253 e. The van der Waals surface area contributed by atoms with Crippen molar-refractivity contribution in [2.75, 3.05) is 20.4 Å². The number of carbonyl (C=O) groups is 1. The van der Waals surface area contributed by atoms with Gasteiger partial charge in [-0.3, -0.25) is 4.79 Å². The Bertz CT molecular complexity index is 432. The van der Waals surface area contributed by atoms with Crippen molar-refractivity contribution in [2.24, 2.45) is 5.73 Å². The first-order valence-corrected chi connectivity index (χ1v) is 5.48. The van der Waals surface area contributed by atoms with E-state index in [0.717, 1.165) is 0 Å². The molecule has 0 aliphatic carbocycles. The zero-order valence-electron chi connectivity index (χ0n) is 9.97. The molecule has 2 N–H and O–H groups in total. The summed E-state index contributed by atoms with van der Waals surface area (Å²) in [5.74, 6) is 1.22. The summed E-state index contributed by atoms with van der Waals surface area (Å²) in [5.41, 5.74) is 6.24. The molecule has 0 saturated carbocycles. The molecular weight excluding hydrogens is 220 g/mol. The number of fused-ring (bicyclic) bond motifs is 1. The predicted molar refractivity (Wildman–Crippen MR) is 63.2 cm³/mol. The SMILES string of the molecule is CC(N)CN(C)C(=O)c1ccc2c(c1)OCO2. The van der Waals surface area contributed by atoms with Crippen LogP contribution in [0.1, 0.15) is 17.3 Å². The molecule has 1 heterocycles. The fraction of sp³-hybridized carbons (Fsp3) is 0.417. The maximum atomic E-state index is 12.1. The standard InChI is InChI=1S/C12H16N2O3/c1-8(13)6-14(2)12(15)9-3-4-10-11(5-9)17-7-16-10/h3-5,8H,6-7,13H2,1-2H3. The minimum absolute atomic E-state index is 0.0436. The fourth-order valence-electron chi connectivity index (χ4n) is 1.76. The van der Waals surface area contributed by atoms with Gasteiger partial charge in [-0.25, -0.2) is 0 Å². The Kier molecular flexibility index (Phi) is 3.19. The van der Waals surface area contributed by atoms with Gasteiger partial charge in [0, 0.05) is 25.2 Å². The van der Waals surface area contributed by atoms with Crippen LogP contribution in [0, 0.1) is 0 Å². The van der Waals surface area contributed by atoms with E-state index < -0.39 is 0 Å². The van der Waals surface area contributed by atoms with Crippen molar-refractivity contribution in [2.45, 2.75) is 13.0 Å². The second kappa shape index (κ2) is 4.63. The Morgan fingerprint density at radius 1 is 1.47 bits per heavy atom. The number of rotatable bonds is 3. The first-order valence-electron chi connectivity index (χ1n) is 5.48. The molecule has 1 atom stereocenters. The third-order valence-corrected chi connectivity index (χ3v) is 2.53.